The Labute approximate surface area is 107 Å². The summed E-state index contributed by atoms with van der Waals surface area (Å²) in [6, 6.07) is 4.27. The largest absolute Gasteiger partial charge is 0.493 e. The highest BCUT2D eigenvalue weighted by molar-refractivity contribution is 6.30. The zero-order valence-electron chi connectivity index (χ0n) is 9.92. The summed E-state index contributed by atoms with van der Waals surface area (Å²) < 4.78 is 5.69. The van der Waals surface area contributed by atoms with E-state index < -0.39 is 0 Å². The van der Waals surface area contributed by atoms with Crippen LogP contribution in [0.4, 0.5) is 0 Å². The molecule has 0 saturated heterocycles. The van der Waals surface area contributed by atoms with Crippen molar-refractivity contribution in [3.05, 3.63) is 28.3 Å². The van der Waals surface area contributed by atoms with Crippen molar-refractivity contribution in [2.24, 2.45) is 11.7 Å². The van der Waals surface area contributed by atoms with Crippen molar-refractivity contribution in [1.82, 2.24) is 0 Å². The second-order valence-corrected chi connectivity index (χ2v) is 5.73. The Bertz CT molecular complexity index is 428. The second kappa shape index (κ2) is 4.51. The Hall–Kier alpha value is -0.730. The first-order chi connectivity index (χ1) is 8.22. The molecule has 2 nitrogen and oxygen atoms in total. The molecule has 0 spiro atoms. The molecular formula is C14H18ClNO. The van der Waals surface area contributed by atoms with Crippen molar-refractivity contribution < 1.29 is 4.74 Å². The number of benzene rings is 1. The SMILES string of the molecule is NC(Cc1cc(Cl)cc2c1OCC2)CC1CC1. The molecule has 1 aromatic rings. The average Bonchev–Trinajstić information content (AvgIpc) is 2.94. The molecule has 1 unspecified atom stereocenters. The van der Waals surface area contributed by atoms with Crippen LogP contribution < -0.4 is 10.5 Å². The first-order valence-electron chi connectivity index (χ1n) is 6.42. The summed E-state index contributed by atoms with van der Waals surface area (Å²) >= 11 is 6.13. The molecule has 2 N–H and O–H groups in total. The summed E-state index contributed by atoms with van der Waals surface area (Å²) in [6.07, 6.45) is 5.72. The third-order valence-corrected chi connectivity index (χ3v) is 3.86. The van der Waals surface area contributed by atoms with E-state index in [9.17, 15) is 0 Å². The van der Waals surface area contributed by atoms with Gasteiger partial charge in [-0.25, -0.2) is 0 Å². The van der Waals surface area contributed by atoms with E-state index in [4.69, 9.17) is 22.1 Å². The van der Waals surface area contributed by atoms with Gasteiger partial charge in [-0.15, -0.1) is 0 Å². The molecule has 2 aliphatic rings. The Morgan fingerprint density at radius 1 is 1.41 bits per heavy atom. The van der Waals surface area contributed by atoms with Crippen molar-refractivity contribution >= 4 is 11.6 Å². The molecule has 17 heavy (non-hydrogen) atoms. The number of rotatable bonds is 4. The van der Waals surface area contributed by atoms with Crippen LogP contribution in [-0.2, 0) is 12.8 Å². The number of ether oxygens (including phenoxy) is 1. The Kier molecular flexibility index (Phi) is 3.01. The van der Waals surface area contributed by atoms with Crippen LogP contribution in [0.3, 0.4) is 0 Å². The summed E-state index contributed by atoms with van der Waals surface area (Å²) in [5.74, 6) is 1.92. The van der Waals surface area contributed by atoms with E-state index in [2.05, 4.69) is 0 Å². The quantitative estimate of drug-likeness (QED) is 0.893. The molecule has 0 radical (unpaired) electrons. The minimum atomic E-state index is 0.245. The Morgan fingerprint density at radius 3 is 3.00 bits per heavy atom. The third-order valence-electron chi connectivity index (χ3n) is 3.64. The first kappa shape index (κ1) is 11.4. The monoisotopic (exact) mass is 251 g/mol. The highest BCUT2D eigenvalue weighted by Gasteiger charge is 2.25. The third kappa shape index (κ3) is 2.58. The van der Waals surface area contributed by atoms with E-state index in [-0.39, 0.29) is 6.04 Å². The van der Waals surface area contributed by atoms with Crippen molar-refractivity contribution in [3.8, 4) is 5.75 Å². The predicted molar refractivity (Wildman–Crippen MR) is 69.7 cm³/mol. The summed E-state index contributed by atoms with van der Waals surface area (Å²) in [5.41, 5.74) is 8.63. The van der Waals surface area contributed by atoms with Gasteiger partial charge in [-0.2, -0.15) is 0 Å². The van der Waals surface area contributed by atoms with Crippen molar-refractivity contribution in [2.45, 2.75) is 38.1 Å². The zero-order chi connectivity index (χ0) is 11.8. The molecule has 1 fully saturated rings. The molecule has 3 heteroatoms. The van der Waals surface area contributed by atoms with Crippen LogP contribution in [0, 0.1) is 5.92 Å². The number of hydrogen-bond donors (Lipinski definition) is 1. The van der Waals surface area contributed by atoms with Gasteiger partial charge in [0.25, 0.3) is 0 Å². The van der Waals surface area contributed by atoms with Crippen LogP contribution >= 0.6 is 11.6 Å². The smallest absolute Gasteiger partial charge is 0.125 e. The van der Waals surface area contributed by atoms with Crippen LogP contribution in [0.5, 0.6) is 5.75 Å². The number of fused-ring (bicyclic) bond motifs is 1. The van der Waals surface area contributed by atoms with Gasteiger partial charge in [0.05, 0.1) is 6.61 Å². The van der Waals surface area contributed by atoms with E-state index in [1.807, 2.05) is 12.1 Å². The minimum Gasteiger partial charge on any atom is -0.493 e. The van der Waals surface area contributed by atoms with Crippen LogP contribution in [0.25, 0.3) is 0 Å². The van der Waals surface area contributed by atoms with Gasteiger partial charge in [0.2, 0.25) is 0 Å². The lowest BCUT2D eigenvalue weighted by molar-refractivity contribution is 0.352. The fourth-order valence-electron chi connectivity index (χ4n) is 2.65. The summed E-state index contributed by atoms with van der Waals surface area (Å²) in [4.78, 5) is 0. The van der Waals surface area contributed by atoms with Crippen LogP contribution in [0.1, 0.15) is 30.4 Å². The molecule has 3 rings (SSSR count). The summed E-state index contributed by atoms with van der Waals surface area (Å²) in [7, 11) is 0. The van der Waals surface area contributed by atoms with Gasteiger partial charge in [-0.1, -0.05) is 24.4 Å². The van der Waals surface area contributed by atoms with Crippen molar-refractivity contribution in [1.29, 1.82) is 0 Å². The fraction of sp³-hybridized carbons (Fsp3) is 0.571. The van der Waals surface area contributed by atoms with Gasteiger partial charge in [0.1, 0.15) is 5.75 Å². The maximum absolute atomic E-state index is 6.19. The van der Waals surface area contributed by atoms with Gasteiger partial charge in [0, 0.05) is 17.5 Å². The average molecular weight is 252 g/mol. The first-order valence-corrected chi connectivity index (χ1v) is 6.80. The van der Waals surface area contributed by atoms with Gasteiger partial charge in [-0.3, -0.25) is 0 Å². The Morgan fingerprint density at radius 2 is 2.24 bits per heavy atom. The number of halogens is 1. The van der Waals surface area contributed by atoms with Gasteiger partial charge in [0.15, 0.2) is 0 Å². The molecule has 1 saturated carbocycles. The molecule has 0 aromatic heterocycles. The lowest BCUT2D eigenvalue weighted by Crippen LogP contribution is -2.23. The maximum Gasteiger partial charge on any atom is 0.125 e. The normalized spacial score (nSPS) is 19.9. The molecule has 1 atom stereocenters. The highest BCUT2D eigenvalue weighted by atomic mass is 35.5. The van der Waals surface area contributed by atoms with Gasteiger partial charge in [-0.05, 0) is 42.0 Å². The molecule has 0 amide bonds. The molecule has 1 aliphatic heterocycles. The fourth-order valence-corrected chi connectivity index (χ4v) is 2.91. The number of nitrogens with two attached hydrogens (primary N) is 1. The highest BCUT2D eigenvalue weighted by Crippen LogP contribution is 2.36. The zero-order valence-corrected chi connectivity index (χ0v) is 10.7. The molecule has 92 valence electrons. The summed E-state index contributed by atoms with van der Waals surface area (Å²) in [5, 5.41) is 0.808. The van der Waals surface area contributed by atoms with E-state index in [1.54, 1.807) is 0 Å². The minimum absolute atomic E-state index is 0.245. The maximum atomic E-state index is 6.19. The standard InChI is InChI=1S/C14H18ClNO/c15-12-6-10-3-4-17-14(10)11(7-12)8-13(16)5-9-1-2-9/h6-7,9,13H,1-5,8,16H2. The molecule has 1 heterocycles. The topological polar surface area (TPSA) is 35.2 Å². The number of hydrogen-bond acceptors (Lipinski definition) is 2. The van der Waals surface area contributed by atoms with E-state index in [0.29, 0.717) is 0 Å². The van der Waals surface area contributed by atoms with E-state index >= 15 is 0 Å². The second-order valence-electron chi connectivity index (χ2n) is 5.29. The summed E-state index contributed by atoms with van der Waals surface area (Å²) in [6.45, 7) is 0.778. The van der Waals surface area contributed by atoms with Crippen molar-refractivity contribution in [3.63, 3.8) is 0 Å². The van der Waals surface area contributed by atoms with E-state index in [1.165, 1.54) is 24.0 Å². The predicted octanol–water partition coefficient (Wildman–Crippen LogP) is 2.94. The van der Waals surface area contributed by atoms with Crippen LogP contribution in [0.2, 0.25) is 5.02 Å². The van der Waals surface area contributed by atoms with Crippen LogP contribution in [-0.4, -0.2) is 12.6 Å². The molecule has 1 aromatic carbocycles. The lowest BCUT2D eigenvalue weighted by atomic mass is 9.99. The van der Waals surface area contributed by atoms with Crippen LogP contribution in [0.15, 0.2) is 12.1 Å². The molecular weight excluding hydrogens is 234 g/mol. The Balaban J connectivity index is 1.77. The molecule has 0 bridgehead atoms. The van der Waals surface area contributed by atoms with Gasteiger partial charge < -0.3 is 10.5 Å². The molecule has 1 aliphatic carbocycles. The lowest BCUT2D eigenvalue weighted by Gasteiger charge is -2.14. The van der Waals surface area contributed by atoms with Gasteiger partial charge >= 0.3 is 0 Å². The van der Waals surface area contributed by atoms with Crippen molar-refractivity contribution in [2.75, 3.05) is 6.61 Å². The van der Waals surface area contributed by atoms with E-state index in [0.717, 1.165) is 42.6 Å².